The van der Waals surface area contributed by atoms with Gasteiger partial charge in [0.05, 0.1) is 15.0 Å². The standard InChI is InChI=1S/C18H16BrF3N4OS/c1-10-5-2-3-7-25(10)17(27)15-14(19)16-23-11(12-6-4-8-28-12)9-13(18(20,21)22)26(16)24-15/h4,6,8-10H,2-3,5,7H2,1H3. The molecule has 3 aromatic heterocycles. The van der Waals surface area contributed by atoms with Crippen LogP contribution in [0.1, 0.15) is 42.4 Å². The average Bonchev–Trinajstić information content (AvgIpc) is 3.29. The second kappa shape index (κ2) is 7.14. The molecular weight excluding hydrogens is 457 g/mol. The smallest absolute Gasteiger partial charge is 0.335 e. The van der Waals surface area contributed by atoms with Gasteiger partial charge in [-0.25, -0.2) is 9.50 Å². The van der Waals surface area contributed by atoms with Crippen LogP contribution >= 0.6 is 27.3 Å². The van der Waals surface area contributed by atoms with E-state index >= 15 is 0 Å². The molecule has 0 aromatic carbocycles. The number of halogens is 4. The van der Waals surface area contributed by atoms with E-state index in [9.17, 15) is 18.0 Å². The van der Waals surface area contributed by atoms with Gasteiger partial charge < -0.3 is 4.90 Å². The number of fused-ring (bicyclic) bond motifs is 1. The minimum atomic E-state index is -4.64. The minimum Gasteiger partial charge on any atom is -0.335 e. The van der Waals surface area contributed by atoms with E-state index in [1.165, 1.54) is 11.3 Å². The second-order valence-electron chi connectivity index (χ2n) is 6.74. The van der Waals surface area contributed by atoms with E-state index in [0.29, 0.717) is 15.9 Å². The fraction of sp³-hybridized carbons (Fsp3) is 0.389. The Morgan fingerprint density at radius 1 is 1.36 bits per heavy atom. The number of likely N-dealkylation sites (tertiary alicyclic amines) is 1. The monoisotopic (exact) mass is 472 g/mol. The topological polar surface area (TPSA) is 50.5 Å². The highest BCUT2D eigenvalue weighted by Gasteiger charge is 2.37. The van der Waals surface area contributed by atoms with Crippen molar-refractivity contribution in [3.63, 3.8) is 0 Å². The third kappa shape index (κ3) is 3.32. The average molecular weight is 473 g/mol. The first-order chi connectivity index (χ1) is 13.3. The Kier molecular flexibility index (Phi) is 4.95. The number of piperidine rings is 1. The Hall–Kier alpha value is -1.94. The molecule has 0 spiro atoms. The van der Waals surface area contributed by atoms with Crippen molar-refractivity contribution in [1.29, 1.82) is 0 Å². The van der Waals surface area contributed by atoms with Crippen molar-refractivity contribution < 1.29 is 18.0 Å². The maximum absolute atomic E-state index is 13.7. The molecule has 1 saturated heterocycles. The van der Waals surface area contributed by atoms with Gasteiger partial charge in [0, 0.05) is 12.6 Å². The fourth-order valence-corrected chi connectivity index (χ4v) is 4.61. The Morgan fingerprint density at radius 2 is 2.14 bits per heavy atom. The Labute approximate surface area is 171 Å². The number of rotatable bonds is 2. The van der Waals surface area contributed by atoms with Crippen LogP contribution in [0.15, 0.2) is 28.1 Å². The molecule has 148 valence electrons. The maximum Gasteiger partial charge on any atom is 0.433 e. The molecule has 1 atom stereocenters. The van der Waals surface area contributed by atoms with Gasteiger partial charge in [0.2, 0.25) is 0 Å². The number of aromatic nitrogens is 3. The molecule has 4 rings (SSSR count). The number of carbonyl (C=O) groups excluding carboxylic acids is 1. The molecule has 0 saturated carbocycles. The van der Waals surface area contributed by atoms with Gasteiger partial charge in [0.15, 0.2) is 17.0 Å². The van der Waals surface area contributed by atoms with Gasteiger partial charge in [-0.1, -0.05) is 6.07 Å². The van der Waals surface area contributed by atoms with E-state index in [0.717, 1.165) is 25.3 Å². The molecular formula is C18H16BrF3N4OS. The van der Waals surface area contributed by atoms with Crippen LogP contribution in [-0.2, 0) is 6.18 Å². The molecule has 0 bridgehead atoms. The van der Waals surface area contributed by atoms with Crippen LogP contribution in [0, 0.1) is 0 Å². The highest BCUT2D eigenvalue weighted by molar-refractivity contribution is 9.10. The number of hydrogen-bond donors (Lipinski definition) is 0. The van der Waals surface area contributed by atoms with Crippen molar-refractivity contribution >= 4 is 38.8 Å². The van der Waals surface area contributed by atoms with Gasteiger partial charge in [0.1, 0.15) is 0 Å². The number of hydrogen-bond acceptors (Lipinski definition) is 4. The van der Waals surface area contributed by atoms with Gasteiger partial charge in [-0.15, -0.1) is 11.3 Å². The lowest BCUT2D eigenvalue weighted by Gasteiger charge is -2.32. The van der Waals surface area contributed by atoms with Crippen molar-refractivity contribution in [2.75, 3.05) is 6.54 Å². The summed E-state index contributed by atoms with van der Waals surface area (Å²) in [6, 6.07) is 4.44. The molecule has 10 heteroatoms. The highest BCUT2D eigenvalue weighted by atomic mass is 79.9. The molecule has 1 amide bonds. The number of carbonyl (C=O) groups is 1. The minimum absolute atomic E-state index is 0.0220. The molecule has 1 fully saturated rings. The van der Waals surface area contributed by atoms with Crippen molar-refractivity contribution in [3.8, 4) is 10.6 Å². The molecule has 4 heterocycles. The third-order valence-electron chi connectivity index (χ3n) is 4.86. The first kappa shape index (κ1) is 19.4. The van der Waals surface area contributed by atoms with E-state index in [1.54, 1.807) is 22.4 Å². The number of amides is 1. The predicted molar refractivity (Wildman–Crippen MR) is 103 cm³/mol. The summed E-state index contributed by atoms with van der Waals surface area (Å²) < 4.78 is 42.0. The van der Waals surface area contributed by atoms with Gasteiger partial charge in [-0.3, -0.25) is 4.79 Å². The Balaban J connectivity index is 1.88. The van der Waals surface area contributed by atoms with E-state index in [1.807, 2.05) is 6.92 Å². The lowest BCUT2D eigenvalue weighted by atomic mass is 10.0. The first-order valence-corrected chi connectivity index (χ1v) is 10.5. The molecule has 28 heavy (non-hydrogen) atoms. The van der Waals surface area contributed by atoms with Gasteiger partial charge >= 0.3 is 6.18 Å². The van der Waals surface area contributed by atoms with Crippen LogP contribution in [0.4, 0.5) is 13.2 Å². The van der Waals surface area contributed by atoms with E-state index < -0.39 is 11.9 Å². The van der Waals surface area contributed by atoms with E-state index in [4.69, 9.17) is 0 Å². The fourth-order valence-electron chi connectivity index (χ4n) is 3.42. The summed E-state index contributed by atoms with van der Waals surface area (Å²) in [4.78, 5) is 19.6. The lowest BCUT2D eigenvalue weighted by molar-refractivity contribution is -0.142. The van der Waals surface area contributed by atoms with E-state index in [2.05, 4.69) is 26.0 Å². The van der Waals surface area contributed by atoms with Gasteiger partial charge in [-0.05, 0) is 59.6 Å². The Bertz CT molecular complexity index is 1030. The predicted octanol–water partition coefficient (Wildman–Crippen LogP) is 5.25. The lowest BCUT2D eigenvalue weighted by Crippen LogP contribution is -2.42. The summed E-state index contributed by atoms with van der Waals surface area (Å²) >= 11 is 4.58. The number of alkyl halides is 3. The number of nitrogens with zero attached hydrogens (tertiary/aromatic N) is 4. The summed E-state index contributed by atoms with van der Waals surface area (Å²) in [5.74, 6) is -0.379. The number of thiophene rings is 1. The Morgan fingerprint density at radius 3 is 2.79 bits per heavy atom. The van der Waals surface area contributed by atoms with Crippen LogP contribution in [0.2, 0.25) is 0 Å². The highest BCUT2D eigenvalue weighted by Crippen LogP contribution is 2.36. The van der Waals surface area contributed by atoms with Crippen LogP contribution in [0.3, 0.4) is 0 Å². The first-order valence-electron chi connectivity index (χ1n) is 8.78. The molecule has 1 aliphatic heterocycles. The summed E-state index contributed by atoms with van der Waals surface area (Å²) in [6.45, 7) is 2.51. The second-order valence-corrected chi connectivity index (χ2v) is 8.48. The maximum atomic E-state index is 13.7. The van der Waals surface area contributed by atoms with Crippen molar-refractivity contribution in [1.82, 2.24) is 19.5 Å². The van der Waals surface area contributed by atoms with Crippen molar-refractivity contribution in [3.05, 3.63) is 39.4 Å². The summed E-state index contributed by atoms with van der Waals surface area (Å²) in [5.41, 5.74) is -0.838. The zero-order chi connectivity index (χ0) is 20.1. The van der Waals surface area contributed by atoms with Gasteiger partial charge in [-0.2, -0.15) is 18.3 Å². The normalized spacial score (nSPS) is 18.0. The third-order valence-corrected chi connectivity index (χ3v) is 6.49. The van der Waals surface area contributed by atoms with Crippen LogP contribution < -0.4 is 0 Å². The summed E-state index contributed by atoms with van der Waals surface area (Å²) in [7, 11) is 0. The van der Waals surface area contributed by atoms with Crippen molar-refractivity contribution in [2.24, 2.45) is 0 Å². The van der Waals surface area contributed by atoms with E-state index in [-0.39, 0.29) is 33.5 Å². The van der Waals surface area contributed by atoms with Gasteiger partial charge in [0.25, 0.3) is 5.91 Å². The van der Waals surface area contributed by atoms with Crippen LogP contribution in [-0.4, -0.2) is 38.0 Å². The zero-order valence-electron chi connectivity index (χ0n) is 14.8. The van der Waals surface area contributed by atoms with Crippen molar-refractivity contribution in [2.45, 2.75) is 38.4 Å². The summed E-state index contributed by atoms with van der Waals surface area (Å²) in [5, 5.41) is 5.78. The molecule has 0 radical (unpaired) electrons. The zero-order valence-corrected chi connectivity index (χ0v) is 17.2. The SMILES string of the molecule is CC1CCCCN1C(=O)c1nn2c(C(F)(F)F)cc(-c3cccs3)nc2c1Br. The van der Waals surface area contributed by atoms with Crippen LogP contribution in [0.25, 0.3) is 16.2 Å². The molecule has 1 aliphatic rings. The molecule has 1 unspecified atom stereocenters. The van der Waals surface area contributed by atoms with Crippen LogP contribution in [0.5, 0.6) is 0 Å². The molecule has 0 N–H and O–H groups in total. The largest absolute Gasteiger partial charge is 0.433 e. The molecule has 0 aliphatic carbocycles. The quantitative estimate of drug-likeness (QED) is 0.511. The molecule has 5 nitrogen and oxygen atoms in total. The summed E-state index contributed by atoms with van der Waals surface area (Å²) in [6.07, 6.45) is -1.88. The molecule has 3 aromatic rings.